The van der Waals surface area contributed by atoms with Crippen molar-refractivity contribution in [3.8, 4) is 0 Å². The van der Waals surface area contributed by atoms with Gasteiger partial charge in [0, 0.05) is 55.2 Å². The van der Waals surface area contributed by atoms with Crippen LogP contribution in [-0.2, 0) is 20.4 Å². The van der Waals surface area contributed by atoms with Crippen molar-refractivity contribution in [2.75, 3.05) is 26.2 Å². The van der Waals surface area contributed by atoms with Crippen LogP contribution in [0.5, 0.6) is 0 Å². The van der Waals surface area contributed by atoms with Crippen molar-refractivity contribution >= 4 is 28.7 Å². The molecule has 3 N–H and O–H groups in total. The Balaban J connectivity index is 1.11. The van der Waals surface area contributed by atoms with E-state index in [0.29, 0.717) is 36.5 Å². The predicted molar refractivity (Wildman–Crippen MR) is 132 cm³/mol. The Morgan fingerprint density at radius 2 is 1.57 bits per heavy atom. The van der Waals surface area contributed by atoms with E-state index in [-0.39, 0.29) is 28.7 Å². The van der Waals surface area contributed by atoms with Crippen molar-refractivity contribution in [1.29, 1.82) is 0 Å². The quantitative estimate of drug-likeness (QED) is 0.508. The molecular weight excluding hydrogens is 507 g/mol. The number of carbonyl (C=O) groups excluding carboxylic acids is 2. The van der Waals surface area contributed by atoms with E-state index in [2.05, 4.69) is 16.4 Å². The van der Waals surface area contributed by atoms with Gasteiger partial charge >= 0.3 is 5.51 Å². The first-order chi connectivity index (χ1) is 17.7. The van der Waals surface area contributed by atoms with Crippen LogP contribution in [0.4, 0.5) is 13.2 Å². The molecule has 0 bridgehead atoms. The molecule has 3 heterocycles. The summed E-state index contributed by atoms with van der Waals surface area (Å²) in [5, 5.41) is 0. The highest BCUT2D eigenvalue weighted by Gasteiger charge is 2.42. The lowest BCUT2D eigenvalue weighted by molar-refractivity contribution is -0.136. The van der Waals surface area contributed by atoms with Gasteiger partial charge in [-0.05, 0) is 67.7 Å². The van der Waals surface area contributed by atoms with Gasteiger partial charge in [0.15, 0.2) is 10.8 Å². The lowest BCUT2D eigenvalue weighted by atomic mass is 9.82. The van der Waals surface area contributed by atoms with Gasteiger partial charge in [0.2, 0.25) is 11.8 Å². The van der Waals surface area contributed by atoms with Gasteiger partial charge in [0.1, 0.15) is 0 Å². The van der Waals surface area contributed by atoms with Gasteiger partial charge in [0.05, 0.1) is 0 Å². The van der Waals surface area contributed by atoms with Crippen LogP contribution in [0.2, 0.25) is 0 Å². The molecule has 5 rings (SSSR count). The lowest BCUT2D eigenvalue weighted by Gasteiger charge is -2.32. The van der Waals surface area contributed by atoms with Crippen LogP contribution in [0.1, 0.15) is 37.7 Å². The van der Waals surface area contributed by atoms with Gasteiger partial charge in [-0.1, -0.05) is 12.1 Å². The number of rotatable bonds is 4. The molecule has 1 aromatic carbocycles. The fourth-order valence-electron chi connectivity index (χ4n) is 6.07. The standard InChI is InChI=1S/C25H32F3N5O3S/c26-25(27,28)37(36)20-5-1-16(2-6-20)3-8-23(34)32-11-9-18-14-33(15-19(18)10-12-32)24(35)17-4-7-21-22(13-17)30-31-29-21/h1-3,5-6,8,17-19,21-22,29-31H,4,7,9-15H2/b8-3+/t17?,18-,19+,21?,22?,37?. The molecule has 0 aromatic heterocycles. The topological polar surface area (TPSA) is 93.8 Å². The number of fused-ring (bicyclic) bond motifs is 2. The number of alkyl halides is 3. The van der Waals surface area contributed by atoms with Gasteiger partial charge < -0.3 is 9.80 Å². The maximum atomic E-state index is 13.2. The fraction of sp³-hybridized carbons (Fsp3) is 0.600. The molecule has 0 radical (unpaired) electrons. The van der Waals surface area contributed by atoms with Gasteiger partial charge in [-0.25, -0.2) is 15.1 Å². The second-order valence-electron chi connectivity index (χ2n) is 10.4. The number of carbonyl (C=O) groups is 2. The molecule has 202 valence electrons. The van der Waals surface area contributed by atoms with E-state index < -0.39 is 16.3 Å². The smallest absolute Gasteiger partial charge is 0.342 e. The minimum absolute atomic E-state index is 0.0588. The molecule has 3 aliphatic heterocycles. The summed E-state index contributed by atoms with van der Waals surface area (Å²) in [4.78, 5) is 29.5. The summed E-state index contributed by atoms with van der Waals surface area (Å²) in [5.74, 6) is 0.956. The maximum absolute atomic E-state index is 13.2. The Morgan fingerprint density at radius 3 is 2.22 bits per heavy atom. The van der Waals surface area contributed by atoms with Crippen molar-refractivity contribution in [2.24, 2.45) is 17.8 Å². The van der Waals surface area contributed by atoms with Crippen molar-refractivity contribution in [3.05, 3.63) is 35.9 Å². The molecule has 2 amide bonds. The number of hydrazine groups is 2. The molecule has 1 aliphatic carbocycles. The molecule has 6 atom stereocenters. The largest absolute Gasteiger partial charge is 0.475 e. The van der Waals surface area contributed by atoms with Gasteiger partial charge in [-0.3, -0.25) is 9.59 Å². The van der Waals surface area contributed by atoms with E-state index in [1.807, 2.05) is 4.90 Å². The second kappa shape index (κ2) is 10.8. The molecule has 4 fully saturated rings. The molecule has 1 aromatic rings. The fourth-order valence-corrected chi connectivity index (χ4v) is 6.72. The van der Waals surface area contributed by atoms with Crippen molar-refractivity contribution in [3.63, 3.8) is 0 Å². The first kappa shape index (κ1) is 26.3. The van der Waals surface area contributed by atoms with Crippen LogP contribution in [0.25, 0.3) is 6.08 Å². The molecule has 3 saturated heterocycles. The highest BCUT2D eigenvalue weighted by atomic mass is 32.2. The molecule has 8 nitrogen and oxygen atoms in total. The Kier molecular flexibility index (Phi) is 7.71. The first-order valence-electron chi connectivity index (χ1n) is 12.8. The molecule has 1 saturated carbocycles. The number of benzene rings is 1. The van der Waals surface area contributed by atoms with E-state index in [9.17, 15) is 27.0 Å². The molecule has 4 unspecified atom stereocenters. The zero-order valence-electron chi connectivity index (χ0n) is 20.4. The van der Waals surface area contributed by atoms with Gasteiger partial charge in [0.25, 0.3) is 0 Å². The Labute approximate surface area is 216 Å². The number of nitrogens with zero attached hydrogens (tertiary/aromatic N) is 2. The highest BCUT2D eigenvalue weighted by molar-refractivity contribution is 7.86. The third-order valence-electron chi connectivity index (χ3n) is 8.18. The third kappa shape index (κ3) is 5.92. The number of halogens is 3. The zero-order chi connectivity index (χ0) is 26.2. The van der Waals surface area contributed by atoms with Crippen molar-refractivity contribution in [2.45, 2.75) is 54.6 Å². The highest BCUT2D eigenvalue weighted by Crippen LogP contribution is 2.35. The van der Waals surface area contributed by atoms with Gasteiger partial charge in [-0.15, -0.1) is 0 Å². The monoisotopic (exact) mass is 539 g/mol. The predicted octanol–water partition coefficient (Wildman–Crippen LogP) is 2.17. The molecule has 37 heavy (non-hydrogen) atoms. The van der Waals surface area contributed by atoms with E-state index in [4.69, 9.17) is 0 Å². The van der Waals surface area contributed by atoms with E-state index in [0.717, 1.165) is 57.3 Å². The summed E-state index contributed by atoms with van der Waals surface area (Å²) >= 11 is 0. The van der Waals surface area contributed by atoms with E-state index in [1.54, 1.807) is 11.0 Å². The van der Waals surface area contributed by atoms with Crippen LogP contribution in [0.15, 0.2) is 35.2 Å². The minimum atomic E-state index is -4.80. The average Bonchev–Trinajstić information content (AvgIpc) is 3.48. The van der Waals surface area contributed by atoms with Crippen LogP contribution in [0, 0.1) is 17.8 Å². The number of nitrogens with one attached hydrogen (secondary N) is 3. The van der Waals surface area contributed by atoms with Crippen LogP contribution in [0.3, 0.4) is 0 Å². The second-order valence-corrected chi connectivity index (χ2v) is 11.9. The van der Waals surface area contributed by atoms with Crippen molar-refractivity contribution in [1.82, 2.24) is 26.2 Å². The van der Waals surface area contributed by atoms with Crippen LogP contribution >= 0.6 is 0 Å². The summed E-state index contributed by atoms with van der Waals surface area (Å²) in [6.07, 6.45) is 7.40. The SMILES string of the molecule is O=C(/C=C/c1ccc(S(=O)C(F)(F)F)cc1)N1CC[C@@H]2CN(C(=O)C3CCC4NNNC4C3)C[C@@H]2CC1. The lowest BCUT2D eigenvalue weighted by Crippen LogP contribution is -2.45. The average molecular weight is 540 g/mol. The molecule has 4 aliphatic rings. The van der Waals surface area contributed by atoms with Gasteiger partial charge in [-0.2, -0.15) is 18.7 Å². The van der Waals surface area contributed by atoms with Crippen molar-refractivity contribution < 1.29 is 27.0 Å². The molecule has 12 heteroatoms. The van der Waals surface area contributed by atoms with Crippen LogP contribution in [-0.4, -0.2) is 69.6 Å². The maximum Gasteiger partial charge on any atom is 0.475 e. The molecule has 0 spiro atoms. The minimum Gasteiger partial charge on any atom is -0.342 e. The van der Waals surface area contributed by atoms with E-state index in [1.165, 1.54) is 18.2 Å². The summed E-state index contributed by atoms with van der Waals surface area (Å²) in [6.45, 7) is 2.73. The number of hydrogen-bond donors (Lipinski definition) is 3. The summed E-state index contributed by atoms with van der Waals surface area (Å²) in [6, 6.07) is 5.83. The Morgan fingerprint density at radius 1 is 0.919 bits per heavy atom. The van der Waals surface area contributed by atoms with E-state index >= 15 is 0 Å². The normalized spacial score (nSPS) is 31.2. The summed E-state index contributed by atoms with van der Waals surface area (Å²) in [7, 11) is -3.07. The van der Waals surface area contributed by atoms with Crippen LogP contribution < -0.4 is 16.4 Å². The Hall–Kier alpha value is -2.28. The number of hydrogen-bond acceptors (Lipinski definition) is 6. The molecular formula is C25H32F3N5O3S. The first-order valence-corrected chi connectivity index (χ1v) is 13.9. The number of amides is 2. The Bertz CT molecular complexity index is 1050. The summed E-state index contributed by atoms with van der Waals surface area (Å²) < 4.78 is 49.3. The third-order valence-corrected chi connectivity index (χ3v) is 9.30. The zero-order valence-corrected chi connectivity index (χ0v) is 21.2. The summed E-state index contributed by atoms with van der Waals surface area (Å²) in [5.41, 5.74) is 5.15. The number of likely N-dealkylation sites (tertiary alicyclic amines) is 2.